The van der Waals surface area contributed by atoms with E-state index >= 15 is 0 Å². The first-order valence-corrected chi connectivity index (χ1v) is 7.65. The molecule has 0 aromatic heterocycles. The first-order valence-electron chi connectivity index (χ1n) is 7.65. The summed E-state index contributed by atoms with van der Waals surface area (Å²) in [5, 5.41) is 0. The second-order valence-corrected chi connectivity index (χ2v) is 6.31. The van der Waals surface area contributed by atoms with Crippen LogP contribution < -0.4 is 0 Å². The highest BCUT2D eigenvalue weighted by molar-refractivity contribution is 6.13. The summed E-state index contributed by atoms with van der Waals surface area (Å²) in [7, 11) is 2.18. The van der Waals surface area contributed by atoms with Crippen LogP contribution in [0.2, 0.25) is 0 Å². The molecule has 1 saturated heterocycles. The molecule has 0 amide bonds. The van der Waals surface area contributed by atoms with Crippen LogP contribution in [0.1, 0.15) is 39.9 Å². The third-order valence-corrected chi connectivity index (χ3v) is 5.22. The number of hydrogen-bond acceptors (Lipinski definition) is 2. The molecule has 0 saturated carbocycles. The number of rotatable bonds is 0. The van der Waals surface area contributed by atoms with Crippen molar-refractivity contribution >= 4 is 5.78 Å². The Bertz CT molecular complexity index is 660. The van der Waals surface area contributed by atoms with E-state index in [1.165, 1.54) is 11.1 Å². The standard InChI is InChI=1S/C19H19NO/c1-20-12-10-19(11-13-20)16-8-4-2-6-14(16)18(21)15-7-3-5-9-17(15)19/h2-9H,10-13H2,1H3. The fourth-order valence-corrected chi connectivity index (χ4v) is 4.03. The van der Waals surface area contributed by atoms with Gasteiger partial charge in [-0.15, -0.1) is 0 Å². The van der Waals surface area contributed by atoms with E-state index in [2.05, 4.69) is 36.2 Å². The van der Waals surface area contributed by atoms with Gasteiger partial charge in [-0.25, -0.2) is 0 Å². The summed E-state index contributed by atoms with van der Waals surface area (Å²) in [4.78, 5) is 15.2. The SMILES string of the molecule is CN1CCC2(CC1)c1ccccc1C(=O)c1ccccc12. The molecule has 1 aliphatic heterocycles. The Labute approximate surface area is 125 Å². The van der Waals surface area contributed by atoms with Crippen LogP contribution in [0.25, 0.3) is 0 Å². The van der Waals surface area contributed by atoms with Gasteiger partial charge in [0, 0.05) is 16.5 Å². The Morgan fingerprint density at radius 2 is 1.33 bits per heavy atom. The van der Waals surface area contributed by atoms with E-state index in [4.69, 9.17) is 0 Å². The summed E-state index contributed by atoms with van der Waals surface area (Å²) in [6.07, 6.45) is 2.18. The molecule has 2 aromatic carbocycles. The maximum Gasteiger partial charge on any atom is 0.193 e. The Morgan fingerprint density at radius 1 is 0.857 bits per heavy atom. The second-order valence-electron chi connectivity index (χ2n) is 6.31. The molecular formula is C19H19NO. The number of ketones is 1. The molecule has 0 radical (unpaired) electrons. The van der Waals surface area contributed by atoms with Gasteiger partial charge in [-0.3, -0.25) is 4.79 Å². The average Bonchev–Trinajstić information content (AvgIpc) is 2.55. The van der Waals surface area contributed by atoms with Crippen molar-refractivity contribution in [3.05, 3.63) is 70.8 Å². The number of fused-ring (bicyclic) bond motifs is 4. The fraction of sp³-hybridized carbons (Fsp3) is 0.316. The highest BCUT2D eigenvalue weighted by Gasteiger charge is 2.44. The van der Waals surface area contributed by atoms with Crippen LogP contribution in [0.5, 0.6) is 0 Å². The smallest absolute Gasteiger partial charge is 0.193 e. The molecule has 0 bridgehead atoms. The van der Waals surface area contributed by atoms with Gasteiger partial charge in [0.1, 0.15) is 0 Å². The van der Waals surface area contributed by atoms with Crippen LogP contribution in [0.3, 0.4) is 0 Å². The summed E-state index contributed by atoms with van der Waals surface area (Å²) >= 11 is 0. The van der Waals surface area contributed by atoms with Gasteiger partial charge < -0.3 is 4.90 Å². The third-order valence-electron chi connectivity index (χ3n) is 5.22. The summed E-state index contributed by atoms with van der Waals surface area (Å²) < 4.78 is 0. The molecule has 1 aliphatic carbocycles. The number of likely N-dealkylation sites (tertiary alicyclic amines) is 1. The largest absolute Gasteiger partial charge is 0.306 e. The van der Waals surface area contributed by atoms with Gasteiger partial charge in [-0.1, -0.05) is 48.5 Å². The van der Waals surface area contributed by atoms with Crippen molar-refractivity contribution in [3.63, 3.8) is 0 Å². The molecule has 0 N–H and O–H groups in total. The van der Waals surface area contributed by atoms with Gasteiger partial charge in [0.15, 0.2) is 5.78 Å². The van der Waals surface area contributed by atoms with Crippen LogP contribution in [0.15, 0.2) is 48.5 Å². The van der Waals surface area contributed by atoms with Crippen molar-refractivity contribution in [2.24, 2.45) is 0 Å². The highest BCUT2D eigenvalue weighted by atomic mass is 16.1. The minimum absolute atomic E-state index is 0.0214. The quantitative estimate of drug-likeness (QED) is 0.737. The molecule has 2 aromatic rings. The Morgan fingerprint density at radius 3 is 1.86 bits per heavy atom. The van der Waals surface area contributed by atoms with Gasteiger partial charge in [0.25, 0.3) is 0 Å². The number of piperidine rings is 1. The zero-order valence-corrected chi connectivity index (χ0v) is 12.3. The maximum atomic E-state index is 12.8. The average molecular weight is 277 g/mol. The lowest BCUT2D eigenvalue weighted by Gasteiger charge is -2.45. The molecule has 1 spiro atoms. The predicted octanol–water partition coefficient (Wildman–Crippen LogP) is 3.24. The van der Waals surface area contributed by atoms with Gasteiger partial charge in [0.2, 0.25) is 0 Å². The number of hydrogen-bond donors (Lipinski definition) is 0. The van der Waals surface area contributed by atoms with Crippen molar-refractivity contribution in [2.45, 2.75) is 18.3 Å². The molecule has 0 unspecified atom stereocenters. The van der Waals surface area contributed by atoms with Gasteiger partial charge in [-0.2, -0.15) is 0 Å². The van der Waals surface area contributed by atoms with E-state index < -0.39 is 0 Å². The first kappa shape index (κ1) is 12.8. The first-order chi connectivity index (χ1) is 10.2. The molecule has 2 aliphatic rings. The molecule has 106 valence electrons. The number of carbonyl (C=O) groups excluding carboxylic acids is 1. The zero-order valence-electron chi connectivity index (χ0n) is 12.3. The topological polar surface area (TPSA) is 20.3 Å². The predicted molar refractivity (Wildman–Crippen MR) is 83.8 cm³/mol. The summed E-state index contributed by atoms with van der Waals surface area (Å²) in [6, 6.07) is 16.4. The van der Waals surface area contributed by atoms with Gasteiger partial charge in [0.05, 0.1) is 0 Å². The molecule has 21 heavy (non-hydrogen) atoms. The van der Waals surface area contributed by atoms with E-state index in [1.54, 1.807) is 0 Å². The van der Waals surface area contributed by atoms with E-state index in [1.807, 2.05) is 24.3 Å². The Kier molecular flexibility index (Phi) is 2.76. The van der Waals surface area contributed by atoms with Crippen LogP contribution in [0.4, 0.5) is 0 Å². The fourth-order valence-electron chi connectivity index (χ4n) is 4.03. The Hall–Kier alpha value is -1.93. The lowest BCUT2D eigenvalue weighted by molar-refractivity contribution is 0.102. The minimum atomic E-state index is 0.0214. The third kappa shape index (κ3) is 1.72. The van der Waals surface area contributed by atoms with Crippen molar-refractivity contribution in [1.82, 2.24) is 4.90 Å². The second kappa shape index (κ2) is 4.54. The summed E-state index contributed by atoms with van der Waals surface area (Å²) in [5.41, 5.74) is 4.30. The van der Waals surface area contributed by atoms with Gasteiger partial charge >= 0.3 is 0 Å². The van der Waals surface area contributed by atoms with E-state index in [0.29, 0.717) is 0 Å². The van der Waals surface area contributed by atoms with Crippen LogP contribution in [0, 0.1) is 0 Å². The van der Waals surface area contributed by atoms with Crippen molar-refractivity contribution < 1.29 is 4.79 Å². The Balaban J connectivity index is 1.99. The maximum absolute atomic E-state index is 12.8. The lowest BCUT2D eigenvalue weighted by Crippen LogP contribution is -2.45. The zero-order chi connectivity index (χ0) is 14.4. The molecular weight excluding hydrogens is 258 g/mol. The number of nitrogens with zero attached hydrogens (tertiary/aromatic N) is 1. The van der Waals surface area contributed by atoms with Crippen molar-refractivity contribution in [2.75, 3.05) is 20.1 Å². The van der Waals surface area contributed by atoms with E-state index in [9.17, 15) is 4.79 Å². The molecule has 4 rings (SSSR count). The van der Waals surface area contributed by atoms with Crippen LogP contribution in [-0.4, -0.2) is 30.8 Å². The molecule has 2 heteroatoms. The monoisotopic (exact) mass is 277 g/mol. The number of benzene rings is 2. The highest BCUT2D eigenvalue weighted by Crippen LogP contribution is 2.47. The molecule has 1 heterocycles. The molecule has 1 fully saturated rings. The van der Waals surface area contributed by atoms with Crippen molar-refractivity contribution in [1.29, 1.82) is 0 Å². The van der Waals surface area contributed by atoms with E-state index in [0.717, 1.165) is 37.1 Å². The van der Waals surface area contributed by atoms with Gasteiger partial charge in [-0.05, 0) is 44.1 Å². The lowest BCUT2D eigenvalue weighted by atomic mass is 9.61. The molecule has 0 atom stereocenters. The van der Waals surface area contributed by atoms with Crippen LogP contribution in [-0.2, 0) is 5.41 Å². The van der Waals surface area contributed by atoms with E-state index in [-0.39, 0.29) is 11.2 Å². The van der Waals surface area contributed by atoms with Crippen molar-refractivity contribution in [3.8, 4) is 0 Å². The summed E-state index contributed by atoms with van der Waals surface area (Å²) in [6.45, 7) is 2.16. The van der Waals surface area contributed by atoms with Crippen LogP contribution >= 0.6 is 0 Å². The molecule has 2 nitrogen and oxygen atoms in total. The minimum Gasteiger partial charge on any atom is -0.306 e. The number of carbonyl (C=O) groups is 1. The summed E-state index contributed by atoms with van der Waals surface area (Å²) in [5.74, 6) is 0.186. The normalized spacial score (nSPS) is 20.1.